The highest BCUT2D eigenvalue weighted by Gasteiger charge is 2.06. The average Bonchev–Trinajstić information content (AvgIpc) is 2.15. The molecule has 0 saturated heterocycles. The normalized spacial score (nSPS) is 10.5. The minimum atomic E-state index is -1.05. The molecule has 0 aliphatic rings. The fourth-order valence-corrected chi connectivity index (χ4v) is 1.12. The van der Waals surface area contributed by atoms with Crippen molar-refractivity contribution in [2.24, 2.45) is 0 Å². The van der Waals surface area contributed by atoms with E-state index in [4.69, 9.17) is 5.11 Å². The van der Waals surface area contributed by atoms with Crippen LogP contribution < -0.4 is 0 Å². The summed E-state index contributed by atoms with van der Waals surface area (Å²) in [6.07, 6.45) is 2.40. The Morgan fingerprint density at radius 3 is 2.67 bits per heavy atom. The monoisotopic (exact) mass is 207 g/mol. The van der Waals surface area contributed by atoms with Gasteiger partial charge in [-0.05, 0) is 30.2 Å². The van der Waals surface area contributed by atoms with Gasteiger partial charge < -0.3 is 5.11 Å². The van der Waals surface area contributed by atoms with Crippen LogP contribution in [0.4, 0.5) is 5.69 Å². The van der Waals surface area contributed by atoms with Crippen LogP contribution in [-0.4, -0.2) is 16.0 Å². The van der Waals surface area contributed by atoms with Crippen LogP contribution in [0.15, 0.2) is 24.3 Å². The van der Waals surface area contributed by atoms with E-state index in [1.165, 1.54) is 24.3 Å². The molecule has 0 aliphatic heterocycles. The van der Waals surface area contributed by atoms with Gasteiger partial charge in [-0.3, -0.25) is 10.1 Å². The van der Waals surface area contributed by atoms with Crippen molar-refractivity contribution in [3.8, 4) is 0 Å². The second kappa shape index (κ2) is 4.36. The Kier molecular flexibility index (Phi) is 3.17. The first kappa shape index (κ1) is 10.9. The number of benzene rings is 1. The van der Waals surface area contributed by atoms with Gasteiger partial charge in [-0.25, -0.2) is 4.79 Å². The molecule has 5 nitrogen and oxygen atoms in total. The van der Waals surface area contributed by atoms with E-state index in [2.05, 4.69) is 0 Å². The lowest BCUT2D eigenvalue weighted by Crippen LogP contribution is -1.91. The summed E-state index contributed by atoms with van der Waals surface area (Å²) < 4.78 is 0. The van der Waals surface area contributed by atoms with E-state index in [0.717, 1.165) is 6.08 Å². The molecule has 0 spiro atoms. The van der Waals surface area contributed by atoms with Gasteiger partial charge in [0.25, 0.3) is 5.69 Å². The first-order valence-electron chi connectivity index (χ1n) is 4.17. The molecule has 0 radical (unpaired) electrons. The van der Waals surface area contributed by atoms with E-state index in [1.807, 2.05) is 0 Å². The van der Waals surface area contributed by atoms with Gasteiger partial charge in [-0.1, -0.05) is 0 Å². The maximum absolute atomic E-state index is 10.4. The molecule has 0 saturated carbocycles. The molecule has 1 aromatic rings. The predicted molar refractivity (Wildman–Crippen MR) is 54.5 cm³/mol. The molecule has 0 fully saturated rings. The summed E-state index contributed by atoms with van der Waals surface area (Å²) in [6.45, 7) is 1.69. The van der Waals surface area contributed by atoms with Crippen LogP contribution in [-0.2, 0) is 4.79 Å². The Bertz CT molecular complexity index is 437. The van der Waals surface area contributed by atoms with Gasteiger partial charge in [0.1, 0.15) is 0 Å². The molecule has 0 bridgehead atoms. The molecule has 0 atom stereocenters. The number of carbonyl (C=O) groups is 1. The number of rotatable bonds is 3. The highest BCUT2D eigenvalue weighted by molar-refractivity contribution is 5.85. The molecule has 0 unspecified atom stereocenters. The molecule has 15 heavy (non-hydrogen) atoms. The standard InChI is InChI=1S/C10H9NO4/c1-7-6-9(11(14)15)4-2-8(7)3-5-10(12)13/h2-6H,1H3,(H,12,13)/b5-3+. The lowest BCUT2D eigenvalue weighted by atomic mass is 10.1. The van der Waals surface area contributed by atoms with Crippen molar-refractivity contribution in [1.29, 1.82) is 0 Å². The maximum Gasteiger partial charge on any atom is 0.328 e. The highest BCUT2D eigenvalue weighted by Crippen LogP contribution is 2.17. The summed E-state index contributed by atoms with van der Waals surface area (Å²) >= 11 is 0. The fourth-order valence-electron chi connectivity index (χ4n) is 1.12. The summed E-state index contributed by atoms with van der Waals surface area (Å²) in [5, 5.41) is 18.8. The third-order valence-electron chi connectivity index (χ3n) is 1.87. The molecule has 0 aliphatic carbocycles. The SMILES string of the molecule is Cc1cc([N+](=O)[O-])ccc1/C=C/C(=O)O. The molecular formula is C10H9NO4. The van der Waals surface area contributed by atoms with Crippen molar-refractivity contribution >= 4 is 17.7 Å². The fraction of sp³-hybridized carbons (Fsp3) is 0.100. The van der Waals surface area contributed by atoms with Crippen LogP contribution in [0.3, 0.4) is 0 Å². The third-order valence-corrected chi connectivity index (χ3v) is 1.87. The van der Waals surface area contributed by atoms with Crippen LogP contribution in [0.1, 0.15) is 11.1 Å². The quantitative estimate of drug-likeness (QED) is 0.467. The number of hydrogen-bond donors (Lipinski definition) is 1. The second-order valence-electron chi connectivity index (χ2n) is 2.97. The first-order valence-corrected chi connectivity index (χ1v) is 4.17. The van der Waals surface area contributed by atoms with E-state index in [0.29, 0.717) is 11.1 Å². The molecule has 1 rings (SSSR count). The van der Waals surface area contributed by atoms with Crippen LogP contribution >= 0.6 is 0 Å². The highest BCUT2D eigenvalue weighted by atomic mass is 16.6. The summed E-state index contributed by atoms with van der Waals surface area (Å²) in [4.78, 5) is 20.2. The van der Waals surface area contributed by atoms with Crippen molar-refractivity contribution < 1.29 is 14.8 Å². The summed E-state index contributed by atoms with van der Waals surface area (Å²) in [6, 6.07) is 4.27. The summed E-state index contributed by atoms with van der Waals surface area (Å²) in [5.74, 6) is -1.05. The van der Waals surface area contributed by atoms with Crippen molar-refractivity contribution in [2.45, 2.75) is 6.92 Å². The van der Waals surface area contributed by atoms with Gasteiger partial charge in [0.15, 0.2) is 0 Å². The molecule has 0 aromatic heterocycles. The minimum Gasteiger partial charge on any atom is -0.478 e. The molecule has 1 aromatic carbocycles. The van der Waals surface area contributed by atoms with E-state index in [9.17, 15) is 14.9 Å². The number of nitrogens with zero attached hydrogens (tertiary/aromatic N) is 1. The molecular weight excluding hydrogens is 198 g/mol. The first-order chi connectivity index (χ1) is 7.00. The van der Waals surface area contributed by atoms with E-state index < -0.39 is 10.9 Å². The van der Waals surface area contributed by atoms with E-state index in [1.54, 1.807) is 6.92 Å². The number of non-ortho nitro benzene ring substituents is 1. The molecule has 78 valence electrons. The van der Waals surface area contributed by atoms with Crippen LogP contribution in [0.5, 0.6) is 0 Å². The Hall–Kier alpha value is -2.17. The van der Waals surface area contributed by atoms with Crippen LogP contribution in [0.25, 0.3) is 6.08 Å². The van der Waals surface area contributed by atoms with E-state index in [-0.39, 0.29) is 5.69 Å². The zero-order valence-electron chi connectivity index (χ0n) is 8.01. The number of carboxylic acid groups (broad SMARTS) is 1. The Morgan fingerprint density at radius 2 is 2.20 bits per heavy atom. The lowest BCUT2D eigenvalue weighted by Gasteiger charge is -1.99. The lowest BCUT2D eigenvalue weighted by molar-refractivity contribution is -0.384. The predicted octanol–water partition coefficient (Wildman–Crippen LogP) is 2.00. The van der Waals surface area contributed by atoms with Gasteiger partial charge in [0, 0.05) is 18.2 Å². The van der Waals surface area contributed by atoms with Gasteiger partial charge in [0.05, 0.1) is 4.92 Å². The second-order valence-corrected chi connectivity index (χ2v) is 2.97. The van der Waals surface area contributed by atoms with Crippen LogP contribution in [0.2, 0.25) is 0 Å². The van der Waals surface area contributed by atoms with Gasteiger partial charge in [-0.15, -0.1) is 0 Å². The molecule has 1 N–H and O–H groups in total. The Morgan fingerprint density at radius 1 is 1.53 bits per heavy atom. The average molecular weight is 207 g/mol. The molecule has 0 heterocycles. The van der Waals surface area contributed by atoms with Crippen molar-refractivity contribution in [2.75, 3.05) is 0 Å². The van der Waals surface area contributed by atoms with E-state index >= 15 is 0 Å². The van der Waals surface area contributed by atoms with Crippen LogP contribution in [0, 0.1) is 17.0 Å². The number of nitro groups is 1. The maximum atomic E-state index is 10.4. The number of aryl methyl sites for hydroxylation is 1. The van der Waals surface area contributed by atoms with Gasteiger partial charge in [0.2, 0.25) is 0 Å². The van der Waals surface area contributed by atoms with Crippen molar-refractivity contribution in [3.05, 3.63) is 45.5 Å². The van der Waals surface area contributed by atoms with Gasteiger partial charge in [-0.2, -0.15) is 0 Å². The number of aliphatic carboxylic acids is 1. The Labute approximate surface area is 85.8 Å². The Balaban J connectivity index is 3.03. The van der Waals surface area contributed by atoms with Gasteiger partial charge >= 0.3 is 5.97 Å². The summed E-state index contributed by atoms with van der Waals surface area (Å²) in [5.41, 5.74) is 1.32. The molecule has 5 heteroatoms. The smallest absolute Gasteiger partial charge is 0.328 e. The zero-order valence-corrected chi connectivity index (χ0v) is 8.01. The zero-order chi connectivity index (χ0) is 11.4. The topological polar surface area (TPSA) is 80.4 Å². The third kappa shape index (κ3) is 2.91. The number of nitro benzene ring substituents is 1. The largest absolute Gasteiger partial charge is 0.478 e. The van der Waals surface area contributed by atoms with Crippen molar-refractivity contribution in [1.82, 2.24) is 0 Å². The number of carboxylic acids is 1. The van der Waals surface area contributed by atoms with Crippen molar-refractivity contribution in [3.63, 3.8) is 0 Å². The minimum absolute atomic E-state index is 0.0000231. The molecule has 0 amide bonds. The summed E-state index contributed by atoms with van der Waals surface area (Å²) in [7, 11) is 0. The number of hydrogen-bond acceptors (Lipinski definition) is 3.